The van der Waals surface area contributed by atoms with Crippen molar-refractivity contribution >= 4 is 5.95 Å². The molecule has 2 rings (SSSR count). The minimum absolute atomic E-state index is 0.178. The highest BCUT2D eigenvalue weighted by atomic mass is 16.5. The van der Waals surface area contributed by atoms with E-state index in [0.29, 0.717) is 5.95 Å². The normalized spacial score (nSPS) is 22.8. The Balaban J connectivity index is 2.12. The van der Waals surface area contributed by atoms with Crippen LogP contribution >= 0.6 is 0 Å². The lowest BCUT2D eigenvalue weighted by Crippen LogP contribution is -2.27. The second kappa shape index (κ2) is 5.81. The molecule has 2 unspecified atom stereocenters. The fourth-order valence-electron chi connectivity index (χ4n) is 2.20. The number of nitrogens with one attached hydrogen (secondary N) is 1. The Morgan fingerprint density at radius 1 is 1.17 bits per heavy atom. The van der Waals surface area contributed by atoms with Crippen molar-refractivity contribution in [2.45, 2.75) is 25.3 Å². The number of aliphatic hydroxyl groups is 1. The van der Waals surface area contributed by atoms with Crippen molar-refractivity contribution in [2.24, 2.45) is 5.92 Å². The minimum atomic E-state index is 0.178. The zero-order chi connectivity index (χ0) is 13.0. The van der Waals surface area contributed by atoms with Gasteiger partial charge in [0.25, 0.3) is 0 Å². The molecule has 1 aliphatic carbocycles. The van der Waals surface area contributed by atoms with Crippen LogP contribution in [0.4, 0.5) is 5.95 Å². The Bertz CT molecular complexity index is 380. The molecule has 0 aromatic carbocycles. The molecule has 0 spiro atoms. The monoisotopic (exact) mass is 254 g/mol. The molecule has 1 aromatic rings. The topological polar surface area (TPSA) is 89.4 Å². The summed E-state index contributed by atoms with van der Waals surface area (Å²) in [6, 6.07) is 0.609. The van der Waals surface area contributed by atoms with Crippen molar-refractivity contribution in [1.29, 1.82) is 0 Å². The number of aromatic nitrogens is 3. The lowest BCUT2D eigenvalue weighted by molar-refractivity contribution is 0.222. The first-order valence-electron chi connectivity index (χ1n) is 5.98. The van der Waals surface area contributed by atoms with Gasteiger partial charge >= 0.3 is 12.0 Å². The van der Waals surface area contributed by atoms with Gasteiger partial charge in [0.2, 0.25) is 5.95 Å². The Labute approximate surface area is 106 Å². The van der Waals surface area contributed by atoms with Crippen LogP contribution in [0.25, 0.3) is 0 Å². The molecule has 0 amide bonds. The molecule has 100 valence electrons. The molecule has 1 aromatic heterocycles. The van der Waals surface area contributed by atoms with E-state index in [1.165, 1.54) is 14.2 Å². The summed E-state index contributed by atoms with van der Waals surface area (Å²) in [6.07, 6.45) is 3.12. The molecule has 1 heterocycles. The summed E-state index contributed by atoms with van der Waals surface area (Å²) in [5, 5.41) is 12.5. The van der Waals surface area contributed by atoms with E-state index in [1.54, 1.807) is 0 Å². The van der Waals surface area contributed by atoms with Crippen LogP contribution in [-0.2, 0) is 0 Å². The van der Waals surface area contributed by atoms with Crippen molar-refractivity contribution in [1.82, 2.24) is 15.0 Å². The zero-order valence-corrected chi connectivity index (χ0v) is 10.6. The van der Waals surface area contributed by atoms with Crippen LogP contribution in [0.3, 0.4) is 0 Å². The number of rotatable bonds is 5. The fraction of sp³-hybridized carbons (Fsp3) is 0.727. The lowest BCUT2D eigenvalue weighted by atomic mass is 10.1. The van der Waals surface area contributed by atoms with Crippen LogP contribution in [0.2, 0.25) is 0 Å². The zero-order valence-electron chi connectivity index (χ0n) is 10.6. The molecule has 2 N–H and O–H groups in total. The molecule has 0 saturated heterocycles. The van der Waals surface area contributed by atoms with Gasteiger partial charge in [-0.2, -0.15) is 9.97 Å². The average molecular weight is 254 g/mol. The summed E-state index contributed by atoms with van der Waals surface area (Å²) in [5.74, 6) is 0.669. The van der Waals surface area contributed by atoms with Gasteiger partial charge in [0.1, 0.15) is 0 Å². The predicted octanol–water partition coefficient (Wildman–Crippen LogP) is 0.462. The van der Waals surface area contributed by atoms with E-state index in [2.05, 4.69) is 20.3 Å². The second-order valence-corrected chi connectivity index (χ2v) is 4.26. The summed E-state index contributed by atoms with van der Waals surface area (Å²) in [4.78, 5) is 12.2. The standard InChI is InChI=1S/C11H18N4O3/c1-17-10-13-9(14-11(15-10)18-2)12-8-5-3-4-7(8)6-16/h7-8,16H,3-6H2,1-2H3,(H,12,13,14,15). The molecule has 0 bridgehead atoms. The van der Waals surface area contributed by atoms with Crippen LogP contribution in [0, 0.1) is 5.92 Å². The molecule has 0 radical (unpaired) electrons. The molecule has 1 saturated carbocycles. The maximum absolute atomic E-state index is 9.27. The Morgan fingerprint density at radius 2 is 1.83 bits per heavy atom. The number of hydrogen-bond donors (Lipinski definition) is 2. The molecule has 0 aliphatic heterocycles. The summed E-state index contributed by atoms with van der Waals surface area (Å²) < 4.78 is 9.97. The van der Waals surface area contributed by atoms with Gasteiger partial charge in [0, 0.05) is 18.6 Å². The number of aliphatic hydroxyl groups excluding tert-OH is 1. The average Bonchev–Trinajstić information content (AvgIpc) is 2.85. The maximum Gasteiger partial charge on any atom is 0.324 e. The third kappa shape index (κ3) is 2.79. The van der Waals surface area contributed by atoms with Crippen LogP contribution in [0.5, 0.6) is 12.0 Å². The van der Waals surface area contributed by atoms with Crippen molar-refractivity contribution in [2.75, 3.05) is 26.1 Å². The summed E-state index contributed by atoms with van der Waals surface area (Å²) in [6.45, 7) is 0.178. The van der Waals surface area contributed by atoms with Gasteiger partial charge in [-0.1, -0.05) is 6.42 Å². The van der Waals surface area contributed by atoms with E-state index in [-0.39, 0.29) is 30.6 Å². The van der Waals surface area contributed by atoms with Gasteiger partial charge in [-0.15, -0.1) is 4.98 Å². The van der Waals surface area contributed by atoms with E-state index in [4.69, 9.17) is 9.47 Å². The maximum atomic E-state index is 9.27. The van der Waals surface area contributed by atoms with Crippen molar-refractivity contribution < 1.29 is 14.6 Å². The van der Waals surface area contributed by atoms with Gasteiger partial charge in [-0.05, 0) is 12.8 Å². The summed E-state index contributed by atoms with van der Waals surface area (Å²) in [7, 11) is 2.98. The number of nitrogens with zero attached hydrogens (tertiary/aromatic N) is 3. The molecule has 18 heavy (non-hydrogen) atoms. The Morgan fingerprint density at radius 3 is 2.39 bits per heavy atom. The number of ether oxygens (including phenoxy) is 2. The molecule has 7 nitrogen and oxygen atoms in total. The van der Waals surface area contributed by atoms with Crippen LogP contribution in [-0.4, -0.2) is 46.9 Å². The minimum Gasteiger partial charge on any atom is -0.467 e. The smallest absolute Gasteiger partial charge is 0.324 e. The van der Waals surface area contributed by atoms with Crippen LogP contribution in [0.15, 0.2) is 0 Å². The molecule has 2 atom stereocenters. The van der Waals surface area contributed by atoms with Gasteiger partial charge in [-0.25, -0.2) is 0 Å². The van der Waals surface area contributed by atoms with Crippen molar-refractivity contribution in [3.05, 3.63) is 0 Å². The highest BCUT2D eigenvalue weighted by Crippen LogP contribution is 2.27. The third-order valence-corrected chi connectivity index (χ3v) is 3.17. The van der Waals surface area contributed by atoms with Crippen molar-refractivity contribution in [3.8, 4) is 12.0 Å². The van der Waals surface area contributed by atoms with Gasteiger partial charge in [0.05, 0.1) is 14.2 Å². The number of methoxy groups -OCH3 is 2. The van der Waals surface area contributed by atoms with Crippen LogP contribution < -0.4 is 14.8 Å². The van der Waals surface area contributed by atoms with E-state index in [1.807, 2.05) is 0 Å². The van der Waals surface area contributed by atoms with Crippen LogP contribution in [0.1, 0.15) is 19.3 Å². The summed E-state index contributed by atoms with van der Waals surface area (Å²) in [5.41, 5.74) is 0. The van der Waals surface area contributed by atoms with Gasteiger partial charge in [0.15, 0.2) is 0 Å². The molecule has 1 aliphatic rings. The van der Waals surface area contributed by atoms with Gasteiger partial charge < -0.3 is 19.9 Å². The van der Waals surface area contributed by atoms with E-state index >= 15 is 0 Å². The first-order chi connectivity index (χ1) is 8.76. The summed E-state index contributed by atoms with van der Waals surface area (Å²) >= 11 is 0. The predicted molar refractivity (Wildman–Crippen MR) is 64.8 cm³/mol. The SMILES string of the molecule is COc1nc(NC2CCCC2CO)nc(OC)n1. The molecule has 1 fully saturated rings. The van der Waals surface area contributed by atoms with Crippen molar-refractivity contribution in [3.63, 3.8) is 0 Å². The largest absolute Gasteiger partial charge is 0.467 e. The lowest BCUT2D eigenvalue weighted by Gasteiger charge is -2.19. The fourth-order valence-corrected chi connectivity index (χ4v) is 2.20. The highest BCUT2D eigenvalue weighted by Gasteiger charge is 2.27. The van der Waals surface area contributed by atoms with E-state index in [0.717, 1.165) is 19.3 Å². The molecular weight excluding hydrogens is 236 g/mol. The second-order valence-electron chi connectivity index (χ2n) is 4.26. The quantitative estimate of drug-likeness (QED) is 0.789. The number of anilines is 1. The number of hydrogen-bond acceptors (Lipinski definition) is 7. The molecular formula is C11H18N4O3. The Kier molecular flexibility index (Phi) is 4.14. The molecule has 7 heteroatoms. The first-order valence-corrected chi connectivity index (χ1v) is 5.98. The first kappa shape index (κ1) is 12.8. The van der Waals surface area contributed by atoms with E-state index in [9.17, 15) is 5.11 Å². The Hall–Kier alpha value is -1.63. The van der Waals surface area contributed by atoms with Gasteiger partial charge in [-0.3, -0.25) is 0 Å². The highest BCUT2D eigenvalue weighted by molar-refractivity contribution is 5.29. The third-order valence-electron chi connectivity index (χ3n) is 3.17. The van der Waals surface area contributed by atoms with E-state index < -0.39 is 0 Å².